The third-order valence-electron chi connectivity index (χ3n) is 5.16. The van der Waals surface area contributed by atoms with Crippen LogP contribution in [-0.2, 0) is 11.3 Å². The first kappa shape index (κ1) is 17.8. The van der Waals surface area contributed by atoms with Gasteiger partial charge in [-0.1, -0.05) is 13.8 Å². The molecule has 0 unspecified atom stereocenters. The molecule has 0 aliphatic carbocycles. The fourth-order valence-electron chi connectivity index (χ4n) is 3.86. The lowest BCUT2D eigenvalue weighted by atomic mass is 10.1. The lowest BCUT2D eigenvalue weighted by Crippen LogP contribution is -2.40. The molecule has 27 heavy (non-hydrogen) atoms. The second-order valence-corrected chi connectivity index (χ2v) is 8.18. The average Bonchev–Trinajstić information content (AvgIpc) is 3.32. The quantitative estimate of drug-likeness (QED) is 0.854. The van der Waals surface area contributed by atoms with Crippen LogP contribution in [0.3, 0.4) is 0 Å². The minimum atomic E-state index is -0.412. The second kappa shape index (κ2) is 6.88. The Morgan fingerprint density at radius 2 is 2.15 bits per heavy atom. The first-order valence-electron chi connectivity index (χ1n) is 9.03. The van der Waals surface area contributed by atoms with Crippen LogP contribution in [0.25, 0.3) is 0 Å². The number of hydrogen-bond acceptors (Lipinski definition) is 6. The Balaban J connectivity index is 1.50. The normalized spacial score (nSPS) is 22.0. The van der Waals surface area contributed by atoms with Gasteiger partial charge in [-0.05, 0) is 6.42 Å². The summed E-state index contributed by atoms with van der Waals surface area (Å²) in [5.74, 6) is 0.131. The predicted molar refractivity (Wildman–Crippen MR) is 99.5 cm³/mol. The van der Waals surface area contributed by atoms with E-state index in [0.717, 1.165) is 23.3 Å². The monoisotopic (exact) mass is 387 g/mol. The van der Waals surface area contributed by atoms with Crippen LogP contribution in [0.5, 0.6) is 0 Å². The molecule has 2 aliphatic heterocycles. The van der Waals surface area contributed by atoms with Gasteiger partial charge in [-0.25, -0.2) is 4.98 Å². The molecule has 2 amide bonds. The molecule has 2 atom stereocenters. The number of H-pyrrole nitrogens is 1. The maximum atomic E-state index is 12.8. The second-order valence-electron chi connectivity index (χ2n) is 7.29. The number of likely N-dealkylation sites (tertiary alicyclic amines) is 2. The van der Waals surface area contributed by atoms with Gasteiger partial charge in [0, 0.05) is 24.3 Å². The lowest BCUT2D eigenvalue weighted by Gasteiger charge is -2.24. The molecule has 2 aliphatic rings. The molecule has 2 aromatic heterocycles. The number of aromatic amines is 1. The Morgan fingerprint density at radius 3 is 2.85 bits per heavy atom. The minimum Gasteiger partial charge on any atom is -0.332 e. The van der Waals surface area contributed by atoms with Crippen molar-refractivity contribution in [1.29, 1.82) is 0 Å². The highest BCUT2D eigenvalue weighted by Gasteiger charge is 2.48. The number of rotatable bonds is 4. The highest BCUT2D eigenvalue weighted by molar-refractivity contribution is 7.09. The van der Waals surface area contributed by atoms with Gasteiger partial charge < -0.3 is 14.8 Å². The Labute approximate surface area is 160 Å². The summed E-state index contributed by atoms with van der Waals surface area (Å²) in [6, 6.07) is -0.175. The number of nitrogens with one attached hydrogen (secondary N) is 1. The van der Waals surface area contributed by atoms with E-state index in [0.29, 0.717) is 25.4 Å². The van der Waals surface area contributed by atoms with Gasteiger partial charge >= 0.3 is 0 Å². The van der Waals surface area contributed by atoms with Crippen molar-refractivity contribution in [3.05, 3.63) is 44.5 Å². The molecule has 142 valence electrons. The van der Waals surface area contributed by atoms with Crippen LogP contribution < -0.4 is 5.56 Å². The zero-order valence-electron chi connectivity index (χ0n) is 15.2. The predicted octanol–water partition coefficient (Wildman–Crippen LogP) is 1.37. The summed E-state index contributed by atoms with van der Waals surface area (Å²) in [5, 5.41) is 3.07. The Hall–Kier alpha value is -2.55. The summed E-state index contributed by atoms with van der Waals surface area (Å²) in [7, 11) is 0. The molecular weight excluding hydrogens is 366 g/mol. The molecule has 4 heterocycles. The van der Waals surface area contributed by atoms with Gasteiger partial charge in [0.25, 0.3) is 11.5 Å². The van der Waals surface area contributed by atoms with E-state index in [9.17, 15) is 14.4 Å². The number of hydrogen-bond donors (Lipinski definition) is 1. The fraction of sp³-hybridized carbons (Fsp3) is 0.500. The van der Waals surface area contributed by atoms with Crippen molar-refractivity contribution in [1.82, 2.24) is 24.8 Å². The van der Waals surface area contributed by atoms with Gasteiger partial charge in [-0.2, -0.15) is 0 Å². The number of carbonyl (C=O) groups is 2. The van der Waals surface area contributed by atoms with Crippen molar-refractivity contribution in [3.63, 3.8) is 0 Å². The van der Waals surface area contributed by atoms with Crippen molar-refractivity contribution in [2.75, 3.05) is 6.54 Å². The molecule has 2 fully saturated rings. The number of carbonyl (C=O) groups excluding carboxylic acids is 2. The number of aromatic nitrogens is 3. The molecule has 4 rings (SSSR count). The van der Waals surface area contributed by atoms with Crippen molar-refractivity contribution >= 4 is 23.2 Å². The van der Waals surface area contributed by atoms with Crippen molar-refractivity contribution in [3.8, 4) is 0 Å². The number of amides is 2. The molecule has 0 bridgehead atoms. The van der Waals surface area contributed by atoms with E-state index in [1.165, 1.54) is 6.20 Å². The van der Waals surface area contributed by atoms with Crippen LogP contribution in [0.1, 0.15) is 53.8 Å². The van der Waals surface area contributed by atoms with Crippen LogP contribution in [0.4, 0.5) is 0 Å². The summed E-state index contributed by atoms with van der Waals surface area (Å²) in [5.41, 5.74) is 0.652. The topological polar surface area (TPSA) is 99.3 Å². The average molecular weight is 387 g/mol. The largest absolute Gasteiger partial charge is 0.332 e. The molecule has 0 aromatic carbocycles. The van der Waals surface area contributed by atoms with Gasteiger partial charge in [0.15, 0.2) is 0 Å². The van der Waals surface area contributed by atoms with Crippen LogP contribution in [-0.4, -0.2) is 55.2 Å². The minimum absolute atomic E-state index is 0.00552. The fourth-order valence-corrected chi connectivity index (χ4v) is 4.69. The van der Waals surface area contributed by atoms with E-state index in [2.05, 4.69) is 28.8 Å². The standard InChI is InChI=1S/C18H21N5O3S/c1-10(2)17-20-11(9-27-17)8-23-13-3-4-22(14(13)5-16(23)25)18(26)12-6-19-7-15(24)21-12/h6-7,9-10,13-14H,3-5,8H2,1-2H3,(H,21,24)/t13-,14-/m0/s1. The summed E-state index contributed by atoms with van der Waals surface area (Å²) in [6.07, 6.45) is 3.52. The molecular formula is C18H21N5O3S. The van der Waals surface area contributed by atoms with E-state index in [4.69, 9.17) is 0 Å². The van der Waals surface area contributed by atoms with E-state index in [1.54, 1.807) is 16.2 Å². The van der Waals surface area contributed by atoms with Gasteiger partial charge in [0.05, 0.1) is 41.7 Å². The highest BCUT2D eigenvalue weighted by Crippen LogP contribution is 2.34. The van der Waals surface area contributed by atoms with Gasteiger partial charge in [-0.15, -0.1) is 11.3 Å². The van der Waals surface area contributed by atoms with Crippen LogP contribution in [0, 0.1) is 0 Å². The molecule has 9 heteroatoms. The first-order chi connectivity index (χ1) is 12.9. The van der Waals surface area contributed by atoms with E-state index in [1.807, 2.05) is 10.3 Å². The van der Waals surface area contributed by atoms with Crippen molar-refractivity contribution in [2.24, 2.45) is 0 Å². The Morgan fingerprint density at radius 1 is 1.33 bits per heavy atom. The zero-order valence-corrected chi connectivity index (χ0v) is 16.0. The molecule has 0 saturated carbocycles. The van der Waals surface area contributed by atoms with E-state index in [-0.39, 0.29) is 29.6 Å². The smallest absolute Gasteiger partial charge is 0.272 e. The van der Waals surface area contributed by atoms with Crippen LogP contribution >= 0.6 is 11.3 Å². The SMILES string of the molecule is CC(C)c1nc(CN2C(=O)C[C@H]3[C@@H]2CCN3C(=O)c2cncc(=O)[nH]2)cs1. The van der Waals surface area contributed by atoms with Gasteiger partial charge in [0.1, 0.15) is 5.69 Å². The van der Waals surface area contributed by atoms with Crippen LogP contribution in [0.2, 0.25) is 0 Å². The first-order valence-corrected chi connectivity index (χ1v) is 9.91. The number of nitrogens with zero attached hydrogens (tertiary/aromatic N) is 4. The summed E-state index contributed by atoms with van der Waals surface area (Å²) < 4.78 is 0. The molecule has 8 nitrogen and oxygen atoms in total. The number of fused-ring (bicyclic) bond motifs is 1. The molecule has 2 aromatic rings. The summed E-state index contributed by atoms with van der Waals surface area (Å²) in [4.78, 5) is 51.3. The summed E-state index contributed by atoms with van der Waals surface area (Å²) in [6.45, 7) is 5.24. The molecule has 1 N–H and O–H groups in total. The van der Waals surface area contributed by atoms with Crippen molar-refractivity contribution < 1.29 is 9.59 Å². The van der Waals surface area contributed by atoms with Crippen molar-refractivity contribution in [2.45, 2.75) is 51.2 Å². The summed E-state index contributed by atoms with van der Waals surface area (Å²) >= 11 is 1.62. The molecule has 0 radical (unpaired) electrons. The Kier molecular flexibility index (Phi) is 4.55. The van der Waals surface area contributed by atoms with Gasteiger partial charge in [0.2, 0.25) is 5.91 Å². The zero-order chi connectivity index (χ0) is 19.1. The number of thiazole rings is 1. The van der Waals surface area contributed by atoms with E-state index >= 15 is 0 Å². The van der Waals surface area contributed by atoms with Gasteiger partial charge in [-0.3, -0.25) is 19.4 Å². The van der Waals surface area contributed by atoms with Crippen LogP contribution in [0.15, 0.2) is 22.6 Å². The lowest BCUT2D eigenvalue weighted by molar-refractivity contribution is -0.129. The maximum absolute atomic E-state index is 12.8. The highest BCUT2D eigenvalue weighted by atomic mass is 32.1. The van der Waals surface area contributed by atoms with E-state index < -0.39 is 5.56 Å². The molecule has 2 saturated heterocycles. The maximum Gasteiger partial charge on any atom is 0.272 e. The Bertz CT molecular complexity index is 937. The third-order valence-corrected chi connectivity index (χ3v) is 6.35. The third kappa shape index (κ3) is 3.27. The molecule has 0 spiro atoms.